The van der Waals surface area contributed by atoms with Crippen LogP contribution in [0.25, 0.3) is 11.0 Å². The van der Waals surface area contributed by atoms with Crippen molar-refractivity contribution in [3.63, 3.8) is 0 Å². The molecule has 110 valence electrons. The number of aromatic nitrogens is 2. The Hall–Kier alpha value is -2.62. The molecule has 3 aromatic rings. The lowest BCUT2D eigenvalue weighted by atomic mass is 10.1. The van der Waals surface area contributed by atoms with Crippen molar-refractivity contribution in [3.05, 3.63) is 59.7 Å². The van der Waals surface area contributed by atoms with Gasteiger partial charge in [0.25, 0.3) is 5.91 Å². The van der Waals surface area contributed by atoms with Gasteiger partial charge in [-0.3, -0.25) is 9.69 Å². The molecule has 0 aliphatic carbocycles. The van der Waals surface area contributed by atoms with E-state index in [-0.39, 0.29) is 5.91 Å². The van der Waals surface area contributed by atoms with Crippen molar-refractivity contribution in [2.24, 2.45) is 0 Å². The van der Waals surface area contributed by atoms with Crippen LogP contribution in [0, 0.1) is 6.92 Å². The number of amides is 1. The summed E-state index contributed by atoms with van der Waals surface area (Å²) < 4.78 is 2.15. The highest BCUT2D eigenvalue weighted by Gasteiger charge is 2.26. The van der Waals surface area contributed by atoms with E-state index in [0.29, 0.717) is 0 Å². The normalized spacial score (nSPS) is 14.1. The molecule has 22 heavy (non-hydrogen) atoms. The van der Waals surface area contributed by atoms with Crippen LogP contribution in [0.5, 0.6) is 0 Å². The maximum Gasteiger partial charge on any atom is 0.260 e. The lowest BCUT2D eigenvalue weighted by molar-refractivity contribution is 0.0981. The van der Waals surface area contributed by atoms with E-state index >= 15 is 0 Å². The third kappa shape index (κ3) is 1.99. The van der Waals surface area contributed by atoms with Crippen molar-refractivity contribution >= 4 is 22.9 Å². The van der Waals surface area contributed by atoms with Gasteiger partial charge in [-0.25, -0.2) is 4.98 Å². The third-order valence-electron chi connectivity index (χ3n) is 4.15. The Morgan fingerprint density at radius 1 is 1.09 bits per heavy atom. The van der Waals surface area contributed by atoms with Gasteiger partial charge in [-0.15, -0.1) is 0 Å². The number of para-hydroxylation sites is 2. The van der Waals surface area contributed by atoms with Crippen LogP contribution in [0.1, 0.15) is 22.3 Å². The Kier molecular flexibility index (Phi) is 2.96. The maximum atomic E-state index is 12.9. The Balaban J connectivity index is 1.80. The van der Waals surface area contributed by atoms with Crippen LogP contribution in [-0.2, 0) is 6.54 Å². The molecule has 0 unspecified atom stereocenters. The van der Waals surface area contributed by atoms with Gasteiger partial charge in [-0.2, -0.15) is 0 Å². The van der Waals surface area contributed by atoms with Crippen molar-refractivity contribution in [2.45, 2.75) is 19.9 Å². The van der Waals surface area contributed by atoms with E-state index in [1.807, 2.05) is 49.4 Å². The van der Waals surface area contributed by atoms with E-state index < -0.39 is 0 Å². The lowest BCUT2D eigenvalue weighted by Crippen LogP contribution is -2.37. The van der Waals surface area contributed by atoms with Crippen LogP contribution < -0.4 is 4.90 Å². The summed E-state index contributed by atoms with van der Waals surface area (Å²) in [5, 5.41) is 0. The van der Waals surface area contributed by atoms with Crippen molar-refractivity contribution in [2.75, 3.05) is 11.4 Å². The molecule has 0 atom stereocenters. The van der Waals surface area contributed by atoms with Crippen molar-refractivity contribution in [1.82, 2.24) is 9.55 Å². The quantitative estimate of drug-likeness (QED) is 0.689. The second kappa shape index (κ2) is 4.98. The molecule has 0 saturated carbocycles. The predicted octanol–water partition coefficient (Wildman–Crippen LogP) is 3.40. The van der Waals surface area contributed by atoms with Gasteiger partial charge in [0.05, 0.1) is 11.0 Å². The number of rotatable bonds is 1. The van der Waals surface area contributed by atoms with E-state index in [1.165, 1.54) is 0 Å². The largest absolute Gasteiger partial charge is 0.310 e. The molecule has 0 radical (unpaired) electrons. The summed E-state index contributed by atoms with van der Waals surface area (Å²) in [7, 11) is 0. The van der Waals surface area contributed by atoms with E-state index in [0.717, 1.165) is 47.6 Å². The number of hydrogen-bond donors (Lipinski definition) is 0. The van der Waals surface area contributed by atoms with E-state index in [2.05, 4.69) is 15.6 Å². The minimum Gasteiger partial charge on any atom is -0.310 e. The van der Waals surface area contributed by atoms with Gasteiger partial charge in [-0.1, -0.05) is 29.8 Å². The van der Waals surface area contributed by atoms with Crippen LogP contribution in [0.2, 0.25) is 0 Å². The molecule has 0 N–H and O–H groups in total. The molecule has 1 aliphatic rings. The van der Waals surface area contributed by atoms with Crippen LogP contribution in [-0.4, -0.2) is 22.0 Å². The second-order valence-corrected chi connectivity index (χ2v) is 5.73. The summed E-state index contributed by atoms with van der Waals surface area (Å²) in [4.78, 5) is 19.3. The first-order valence-electron chi connectivity index (χ1n) is 7.58. The SMILES string of the molecule is Cc1cccc(C(=O)N2CCCn3c2nc2ccccc23)c1. The summed E-state index contributed by atoms with van der Waals surface area (Å²) in [5.74, 6) is 0.791. The zero-order valence-electron chi connectivity index (χ0n) is 12.5. The van der Waals surface area contributed by atoms with Gasteiger partial charge in [0.2, 0.25) is 5.95 Å². The molecule has 2 aromatic carbocycles. The number of nitrogens with zero attached hydrogens (tertiary/aromatic N) is 3. The predicted molar refractivity (Wildman–Crippen MR) is 87.2 cm³/mol. The molecule has 4 nitrogen and oxygen atoms in total. The highest BCUT2D eigenvalue weighted by atomic mass is 16.2. The molecule has 0 spiro atoms. The van der Waals surface area contributed by atoms with Gasteiger partial charge < -0.3 is 4.57 Å². The number of aryl methyl sites for hydroxylation is 2. The molecule has 1 aromatic heterocycles. The van der Waals surface area contributed by atoms with E-state index in [4.69, 9.17) is 0 Å². The minimum absolute atomic E-state index is 0.0277. The molecule has 0 bridgehead atoms. The molecule has 2 heterocycles. The van der Waals surface area contributed by atoms with Gasteiger partial charge in [0, 0.05) is 18.7 Å². The molecular formula is C18H17N3O. The molecule has 0 fully saturated rings. The Morgan fingerprint density at radius 2 is 1.95 bits per heavy atom. The fourth-order valence-electron chi connectivity index (χ4n) is 3.10. The van der Waals surface area contributed by atoms with Crippen molar-refractivity contribution in [1.29, 1.82) is 0 Å². The van der Waals surface area contributed by atoms with Crippen LogP contribution in [0.15, 0.2) is 48.5 Å². The Bertz CT molecular complexity index is 866. The molecule has 4 heteroatoms. The topological polar surface area (TPSA) is 38.1 Å². The maximum absolute atomic E-state index is 12.9. The molecule has 0 saturated heterocycles. The number of benzene rings is 2. The first kappa shape index (κ1) is 13.1. The summed E-state index contributed by atoms with van der Waals surface area (Å²) in [5.41, 5.74) is 3.86. The number of hydrogen-bond acceptors (Lipinski definition) is 2. The van der Waals surface area contributed by atoms with Crippen LogP contribution in [0.4, 0.5) is 5.95 Å². The van der Waals surface area contributed by atoms with Gasteiger partial charge in [0.15, 0.2) is 0 Å². The Morgan fingerprint density at radius 3 is 2.82 bits per heavy atom. The number of carbonyl (C=O) groups is 1. The van der Waals surface area contributed by atoms with Crippen LogP contribution in [0.3, 0.4) is 0 Å². The zero-order valence-corrected chi connectivity index (χ0v) is 12.5. The first-order chi connectivity index (χ1) is 10.7. The monoisotopic (exact) mass is 291 g/mol. The molecule has 1 amide bonds. The molecule has 1 aliphatic heterocycles. The number of anilines is 1. The minimum atomic E-state index is 0.0277. The van der Waals surface area contributed by atoms with Crippen molar-refractivity contribution in [3.8, 4) is 0 Å². The van der Waals surface area contributed by atoms with Crippen molar-refractivity contribution < 1.29 is 4.79 Å². The van der Waals surface area contributed by atoms with E-state index in [1.54, 1.807) is 4.90 Å². The molecule has 4 rings (SSSR count). The second-order valence-electron chi connectivity index (χ2n) is 5.73. The highest BCUT2D eigenvalue weighted by Crippen LogP contribution is 2.27. The number of carbonyl (C=O) groups excluding carboxylic acids is 1. The van der Waals surface area contributed by atoms with Gasteiger partial charge in [0.1, 0.15) is 0 Å². The van der Waals surface area contributed by atoms with Crippen LogP contribution >= 0.6 is 0 Å². The summed E-state index contributed by atoms with van der Waals surface area (Å²) in [6, 6.07) is 15.8. The summed E-state index contributed by atoms with van der Waals surface area (Å²) in [6.45, 7) is 3.63. The third-order valence-corrected chi connectivity index (χ3v) is 4.15. The molecular weight excluding hydrogens is 274 g/mol. The zero-order chi connectivity index (χ0) is 15.1. The van der Waals surface area contributed by atoms with Gasteiger partial charge in [-0.05, 0) is 37.6 Å². The average molecular weight is 291 g/mol. The average Bonchev–Trinajstić information content (AvgIpc) is 2.93. The number of imidazole rings is 1. The highest BCUT2D eigenvalue weighted by molar-refractivity contribution is 6.06. The fourth-order valence-corrected chi connectivity index (χ4v) is 3.10. The number of fused-ring (bicyclic) bond motifs is 3. The first-order valence-corrected chi connectivity index (χ1v) is 7.58. The standard InChI is InChI=1S/C18H17N3O/c1-13-6-4-7-14(12-13)17(22)21-11-5-10-20-16-9-3-2-8-15(16)19-18(20)21/h2-4,6-9,12H,5,10-11H2,1H3. The summed E-state index contributed by atoms with van der Waals surface area (Å²) >= 11 is 0. The van der Waals surface area contributed by atoms with E-state index in [9.17, 15) is 4.79 Å². The smallest absolute Gasteiger partial charge is 0.260 e. The summed E-state index contributed by atoms with van der Waals surface area (Å²) in [6.07, 6.45) is 0.949. The van der Waals surface area contributed by atoms with Gasteiger partial charge >= 0.3 is 0 Å². The Labute approximate surface area is 129 Å². The fraction of sp³-hybridized carbons (Fsp3) is 0.222. The lowest BCUT2D eigenvalue weighted by Gasteiger charge is -2.27.